The second-order valence-electron chi connectivity index (χ2n) is 13.9. The molecular weight excluding hydrogens is 1020 g/mol. The first-order valence-electron chi connectivity index (χ1n) is 16.6. The zero-order valence-electron chi connectivity index (χ0n) is 33.8. The van der Waals surface area contributed by atoms with Crippen molar-refractivity contribution >= 4 is 0 Å². The number of methoxy groups -OCH3 is 1. The number of allylic oxidation sites excluding steroid dienone is 6. The van der Waals surface area contributed by atoms with Crippen LogP contribution in [-0.2, 0) is 18.9 Å². The lowest BCUT2D eigenvalue weighted by Gasteiger charge is -2.37. The zero-order chi connectivity index (χ0) is 54.1. The minimum atomic E-state index is -6.64. The van der Waals surface area contributed by atoms with E-state index in [1.807, 2.05) is 0 Å². The Morgan fingerprint density at radius 2 is 0.470 bits per heavy atom. The Kier molecular flexibility index (Phi) is 19.4. The van der Waals surface area contributed by atoms with Gasteiger partial charge in [0, 0.05) is 7.11 Å². The average molecular weight is 1050 g/mol. The van der Waals surface area contributed by atoms with Gasteiger partial charge in [-0.15, -0.1) is 0 Å². The largest absolute Gasteiger partial charge is 0.494 e. The van der Waals surface area contributed by atoms with Crippen LogP contribution in [-0.4, -0.2) is 117 Å². The third kappa shape index (κ3) is 14.3. The van der Waals surface area contributed by atoms with Gasteiger partial charge in [0.1, 0.15) is 19.8 Å². The highest BCUT2D eigenvalue weighted by atomic mass is 19.4. The van der Waals surface area contributed by atoms with Gasteiger partial charge in [-0.1, -0.05) is 0 Å². The second-order valence-corrected chi connectivity index (χ2v) is 13.9. The summed E-state index contributed by atoms with van der Waals surface area (Å²) in [4.78, 5) is 0. The smallest absolute Gasteiger partial charge is 0.449 e. The van der Waals surface area contributed by atoms with Crippen LogP contribution in [0, 0.1) is 0 Å². The van der Waals surface area contributed by atoms with Crippen molar-refractivity contribution in [3.05, 3.63) is 34.0 Å². The van der Waals surface area contributed by atoms with Crippen LogP contribution in [0.4, 0.5) is 132 Å². The van der Waals surface area contributed by atoms with Gasteiger partial charge in [0.25, 0.3) is 0 Å². The minimum Gasteiger partial charge on any atom is -0.494 e. The molecular formula is C32H32F30O4. The van der Waals surface area contributed by atoms with Crippen LogP contribution in [0.1, 0.15) is 48.5 Å². The summed E-state index contributed by atoms with van der Waals surface area (Å²) in [6.45, 7) is -10.1. The fourth-order valence-electron chi connectivity index (χ4n) is 4.92. The van der Waals surface area contributed by atoms with Gasteiger partial charge >= 0.3 is 49.4 Å². The highest BCUT2D eigenvalue weighted by Crippen LogP contribution is 2.56. The number of halogens is 30. The molecule has 0 N–H and O–H groups in total. The topological polar surface area (TPSA) is 36.9 Å². The van der Waals surface area contributed by atoms with Crippen molar-refractivity contribution in [3.63, 3.8) is 0 Å². The van der Waals surface area contributed by atoms with Gasteiger partial charge in [-0.3, -0.25) is 0 Å². The highest BCUT2D eigenvalue weighted by molar-refractivity contribution is 5.37. The van der Waals surface area contributed by atoms with Gasteiger partial charge in [0.05, 0.1) is 29.1 Å². The summed E-state index contributed by atoms with van der Waals surface area (Å²) in [6.07, 6.45) is -51.0. The number of rotatable bonds is 15. The fraction of sp³-hybridized carbons (Fsp3) is 0.812. The Balaban J connectivity index is 0. The SMILES string of the molecule is CC(OCCOC(=C(C(C)(F)C(F)(F)F)C(C)(F)C(F)(F)F)C(F)(F)F)=C(C(C)(F)C(F)(F)F)C(C)(F)C(F)(F)F.COCCOC(=C(C(C)(F)C(F)(F)F)C(C)(F)C(F)(F)F)C(F)(F)F. The third-order valence-electron chi connectivity index (χ3n) is 8.51. The molecule has 0 bridgehead atoms. The maximum absolute atomic E-state index is 14.5. The van der Waals surface area contributed by atoms with E-state index in [1.54, 1.807) is 0 Å². The maximum atomic E-state index is 14.5. The lowest BCUT2D eigenvalue weighted by atomic mass is 9.83. The van der Waals surface area contributed by atoms with E-state index >= 15 is 0 Å². The Morgan fingerprint density at radius 1 is 0.288 bits per heavy atom. The van der Waals surface area contributed by atoms with Crippen molar-refractivity contribution < 1.29 is 151 Å². The summed E-state index contributed by atoms with van der Waals surface area (Å²) in [5, 5.41) is 0. The molecule has 0 radical (unpaired) electrons. The molecule has 34 heteroatoms. The van der Waals surface area contributed by atoms with Gasteiger partial charge in [0.2, 0.25) is 45.5 Å². The molecule has 0 saturated carbocycles. The first-order chi connectivity index (χ1) is 28.3. The van der Waals surface area contributed by atoms with Crippen LogP contribution in [0.15, 0.2) is 34.0 Å². The molecule has 0 amide bonds. The number of ether oxygens (including phenoxy) is 4. The lowest BCUT2D eigenvalue weighted by Crippen LogP contribution is -2.53. The number of hydrogen-bond donors (Lipinski definition) is 0. The quantitative estimate of drug-likeness (QED) is 0.0930. The Hall–Kier alpha value is -3.52. The molecule has 0 aliphatic carbocycles. The first kappa shape index (κ1) is 64.6. The van der Waals surface area contributed by atoms with Crippen LogP contribution >= 0.6 is 0 Å². The Labute approximate surface area is 350 Å². The molecule has 4 nitrogen and oxygen atoms in total. The lowest BCUT2D eigenvalue weighted by molar-refractivity contribution is -0.249. The van der Waals surface area contributed by atoms with E-state index in [9.17, 15) is 132 Å². The summed E-state index contributed by atoms with van der Waals surface area (Å²) in [5.74, 6) is -8.58. The molecule has 394 valence electrons. The summed E-state index contributed by atoms with van der Waals surface area (Å²) in [7, 11) is 0.936. The predicted octanol–water partition coefficient (Wildman–Crippen LogP) is 14.3. The molecule has 0 aliphatic heterocycles. The van der Waals surface area contributed by atoms with Crippen molar-refractivity contribution in [3.8, 4) is 0 Å². The average Bonchev–Trinajstić information content (AvgIpc) is 3.01. The summed E-state index contributed by atoms with van der Waals surface area (Å²) in [6, 6.07) is 0. The van der Waals surface area contributed by atoms with E-state index < -0.39 is 185 Å². The zero-order valence-corrected chi connectivity index (χ0v) is 33.8. The third-order valence-corrected chi connectivity index (χ3v) is 8.51. The molecule has 6 atom stereocenters. The molecule has 0 aromatic heterocycles. The molecule has 0 fully saturated rings. The molecule has 0 spiro atoms. The second kappa shape index (κ2) is 19.8. The minimum absolute atomic E-state index is 0.0545. The molecule has 0 saturated heterocycles. The van der Waals surface area contributed by atoms with Crippen LogP contribution in [0.2, 0.25) is 0 Å². The van der Waals surface area contributed by atoms with Gasteiger partial charge in [0.15, 0.2) is 0 Å². The van der Waals surface area contributed by atoms with Crippen molar-refractivity contribution in [2.45, 2.75) is 132 Å². The monoisotopic (exact) mass is 1050 g/mol. The highest BCUT2D eigenvalue weighted by Gasteiger charge is 2.72. The van der Waals surface area contributed by atoms with Gasteiger partial charge in [-0.2, -0.15) is 105 Å². The molecule has 0 heterocycles. The number of hydrogen-bond acceptors (Lipinski definition) is 4. The summed E-state index contributed by atoms with van der Waals surface area (Å²) >= 11 is 0. The van der Waals surface area contributed by atoms with Crippen molar-refractivity contribution in [2.24, 2.45) is 0 Å². The normalized spacial score (nSPS) is 19.2. The van der Waals surface area contributed by atoms with Crippen LogP contribution in [0.25, 0.3) is 0 Å². The molecule has 6 unspecified atom stereocenters. The Morgan fingerprint density at radius 3 is 0.652 bits per heavy atom. The Bertz CT molecular complexity index is 1620. The van der Waals surface area contributed by atoms with E-state index in [1.165, 1.54) is 0 Å². The molecule has 0 aliphatic rings. The van der Waals surface area contributed by atoms with Crippen LogP contribution in [0.3, 0.4) is 0 Å². The summed E-state index contributed by atoms with van der Waals surface area (Å²) in [5.41, 5.74) is -42.3. The molecule has 66 heavy (non-hydrogen) atoms. The van der Waals surface area contributed by atoms with Gasteiger partial charge in [-0.25, -0.2) is 26.3 Å². The van der Waals surface area contributed by atoms with Crippen molar-refractivity contribution in [1.82, 2.24) is 0 Å². The van der Waals surface area contributed by atoms with Gasteiger partial charge < -0.3 is 18.9 Å². The van der Waals surface area contributed by atoms with Gasteiger partial charge in [-0.05, 0) is 48.5 Å². The maximum Gasteiger partial charge on any atom is 0.449 e. The van der Waals surface area contributed by atoms with Crippen LogP contribution in [0.5, 0.6) is 0 Å². The molecule has 0 aromatic carbocycles. The standard InChI is InChI=1S/C20H19F19O2.C12H13F11O2/c1-8(9(12(2,21)17(28,29)30)13(3,22)18(31,32)33)40-6-7-41-11(16(25,26)27)10(14(4,23)19(34,35)36)15(5,24)20(37,38)39;1-8(13,11(18,19)20)6(9(2,14)12(21,22)23)7(10(15,16)17)25-5-4-24-3/h6-7H2,1-5H3;4-5H2,1-3H3. The van der Waals surface area contributed by atoms with Crippen molar-refractivity contribution in [2.75, 3.05) is 33.5 Å². The first-order valence-corrected chi connectivity index (χ1v) is 16.6. The fourth-order valence-corrected chi connectivity index (χ4v) is 4.92. The number of alkyl halides is 30. The van der Waals surface area contributed by atoms with E-state index in [-0.39, 0.29) is 6.92 Å². The van der Waals surface area contributed by atoms with E-state index in [2.05, 4.69) is 18.9 Å². The van der Waals surface area contributed by atoms with Crippen molar-refractivity contribution in [1.29, 1.82) is 0 Å². The molecule has 0 rings (SSSR count). The van der Waals surface area contributed by atoms with E-state index in [0.717, 1.165) is 7.11 Å². The molecule has 0 aromatic rings. The predicted molar refractivity (Wildman–Crippen MR) is 162 cm³/mol. The van der Waals surface area contributed by atoms with E-state index in [0.29, 0.717) is 0 Å². The summed E-state index contributed by atoms with van der Waals surface area (Å²) < 4.78 is 415. The van der Waals surface area contributed by atoms with E-state index in [4.69, 9.17) is 0 Å². The van der Waals surface area contributed by atoms with Crippen LogP contribution < -0.4 is 0 Å².